The van der Waals surface area contributed by atoms with Gasteiger partial charge in [-0.1, -0.05) is 11.2 Å². The van der Waals surface area contributed by atoms with Gasteiger partial charge in [-0.3, -0.25) is 4.90 Å². The summed E-state index contributed by atoms with van der Waals surface area (Å²) in [5, 5.41) is 4.10. The van der Waals surface area contributed by atoms with E-state index in [1.54, 1.807) is 19.1 Å². The molecule has 6 rings (SSSR count). The molecule has 3 heterocycles. The molecular formula is C29H31F2N5O3. The van der Waals surface area contributed by atoms with Crippen LogP contribution in [0.25, 0.3) is 22.2 Å². The molecule has 2 fully saturated rings. The number of methoxy groups -OCH3 is 1. The number of urea groups is 1. The first-order valence-corrected chi connectivity index (χ1v) is 13.2. The standard InChI is InChI=1S/C29H31F2N5O3/c1-16-27(17(2)39-33-16)18-5-12-25-24(13-18)32-28(35(25)19-6-9-21(38-4)10-7-19)26-15-34(3)29(37)36(26)20-8-11-22(30)23(31)14-20/h5,8,11-14,19,21,26H,6-7,9-10,15H2,1-4H3/t19?,21?,26-/m0/s1. The molecule has 1 aliphatic carbocycles. The molecule has 1 aliphatic heterocycles. The number of hydrogen-bond acceptors (Lipinski definition) is 5. The number of aromatic nitrogens is 3. The summed E-state index contributed by atoms with van der Waals surface area (Å²) in [6.07, 6.45) is 3.89. The highest BCUT2D eigenvalue weighted by molar-refractivity contribution is 5.95. The van der Waals surface area contributed by atoms with Crippen molar-refractivity contribution in [3.8, 4) is 11.1 Å². The number of halogens is 2. The summed E-state index contributed by atoms with van der Waals surface area (Å²) in [6.45, 7) is 4.16. The van der Waals surface area contributed by atoms with Crippen molar-refractivity contribution in [3.63, 3.8) is 0 Å². The summed E-state index contributed by atoms with van der Waals surface area (Å²) in [7, 11) is 3.46. The van der Waals surface area contributed by atoms with E-state index in [2.05, 4.69) is 21.9 Å². The lowest BCUT2D eigenvalue weighted by Gasteiger charge is -2.32. The third-order valence-corrected chi connectivity index (χ3v) is 8.15. The second-order valence-electron chi connectivity index (χ2n) is 10.6. The molecule has 2 amide bonds. The lowest BCUT2D eigenvalue weighted by molar-refractivity contribution is 0.0584. The van der Waals surface area contributed by atoms with Gasteiger partial charge in [0.25, 0.3) is 0 Å². The van der Waals surface area contributed by atoms with Gasteiger partial charge in [0, 0.05) is 37.5 Å². The molecule has 0 bridgehead atoms. The zero-order valence-corrected chi connectivity index (χ0v) is 22.4. The molecule has 0 radical (unpaired) electrons. The fourth-order valence-corrected chi connectivity index (χ4v) is 6.18. The first-order chi connectivity index (χ1) is 18.8. The molecule has 1 saturated heterocycles. The summed E-state index contributed by atoms with van der Waals surface area (Å²) in [5.41, 5.74) is 4.75. The predicted octanol–water partition coefficient (Wildman–Crippen LogP) is 6.33. The molecule has 39 heavy (non-hydrogen) atoms. The molecule has 2 aromatic carbocycles. The SMILES string of the molecule is COC1CCC(n2c([C@@H]3CN(C)C(=O)N3c3ccc(F)c(F)c3)nc3cc(-c4c(C)noc4C)ccc32)CC1. The highest BCUT2D eigenvalue weighted by Crippen LogP contribution is 2.41. The number of amides is 2. The molecule has 0 unspecified atom stereocenters. The van der Waals surface area contributed by atoms with Crippen molar-refractivity contribution >= 4 is 22.8 Å². The van der Waals surface area contributed by atoms with Crippen LogP contribution in [0, 0.1) is 25.5 Å². The van der Waals surface area contributed by atoms with Gasteiger partial charge in [0.05, 0.1) is 29.4 Å². The van der Waals surface area contributed by atoms with Crippen LogP contribution in [0.15, 0.2) is 40.9 Å². The Labute approximate surface area is 225 Å². The van der Waals surface area contributed by atoms with Crippen molar-refractivity contribution < 1.29 is 22.8 Å². The number of likely N-dealkylation sites (N-methyl/N-ethyl adjacent to an activating group) is 1. The molecule has 4 aromatic rings. The minimum Gasteiger partial charge on any atom is -0.381 e. The molecule has 2 aromatic heterocycles. The Morgan fingerprint density at radius 3 is 2.46 bits per heavy atom. The summed E-state index contributed by atoms with van der Waals surface area (Å²) in [6, 6.07) is 9.11. The van der Waals surface area contributed by atoms with Crippen molar-refractivity contribution in [3.05, 3.63) is 65.3 Å². The number of anilines is 1. The van der Waals surface area contributed by atoms with Crippen LogP contribution in [-0.2, 0) is 4.74 Å². The molecule has 8 nitrogen and oxygen atoms in total. The summed E-state index contributed by atoms with van der Waals surface area (Å²) < 4.78 is 41.3. The van der Waals surface area contributed by atoms with Crippen molar-refractivity contribution in [1.29, 1.82) is 0 Å². The second kappa shape index (κ2) is 9.75. The third kappa shape index (κ3) is 4.27. The number of fused-ring (bicyclic) bond motifs is 1. The van der Waals surface area contributed by atoms with E-state index in [9.17, 15) is 13.6 Å². The molecule has 10 heteroatoms. The molecular weight excluding hydrogens is 504 g/mol. The van der Waals surface area contributed by atoms with E-state index in [0.29, 0.717) is 12.2 Å². The maximum Gasteiger partial charge on any atom is 0.325 e. The summed E-state index contributed by atoms with van der Waals surface area (Å²) >= 11 is 0. The van der Waals surface area contributed by atoms with Crippen LogP contribution < -0.4 is 4.90 Å². The Kier molecular flexibility index (Phi) is 6.37. The zero-order valence-electron chi connectivity index (χ0n) is 22.4. The average Bonchev–Trinajstić information content (AvgIpc) is 3.57. The number of benzene rings is 2. The average molecular weight is 536 g/mol. The van der Waals surface area contributed by atoms with Crippen molar-refractivity contribution in [2.24, 2.45) is 0 Å². The van der Waals surface area contributed by atoms with E-state index in [0.717, 1.165) is 77.3 Å². The number of carbonyl (C=O) groups excluding carboxylic acids is 1. The molecule has 1 atom stereocenters. The van der Waals surface area contributed by atoms with Crippen molar-refractivity contribution in [1.82, 2.24) is 19.6 Å². The minimum atomic E-state index is -0.996. The first-order valence-electron chi connectivity index (χ1n) is 13.2. The van der Waals surface area contributed by atoms with E-state index in [-0.39, 0.29) is 18.2 Å². The van der Waals surface area contributed by atoms with Crippen molar-refractivity contribution in [2.45, 2.75) is 57.7 Å². The fourth-order valence-electron chi connectivity index (χ4n) is 6.18. The van der Waals surface area contributed by atoms with Gasteiger partial charge in [-0.25, -0.2) is 18.6 Å². The van der Waals surface area contributed by atoms with E-state index in [1.165, 1.54) is 11.0 Å². The lowest BCUT2D eigenvalue weighted by Crippen LogP contribution is -2.32. The quantitative estimate of drug-likeness (QED) is 0.299. The first kappa shape index (κ1) is 25.5. The molecule has 1 saturated carbocycles. The van der Waals surface area contributed by atoms with Gasteiger partial charge in [0.2, 0.25) is 0 Å². The number of imidazole rings is 1. The highest BCUT2D eigenvalue weighted by atomic mass is 19.2. The Hall–Kier alpha value is -3.79. The van der Waals surface area contributed by atoms with Gasteiger partial charge >= 0.3 is 6.03 Å². The van der Waals surface area contributed by atoms with E-state index in [4.69, 9.17) is 14.2 Å². The smallest absolute Gasteiger partial charge is 0.325 e. The van der Waals surface area contributed by atoms with Gasteiger partial charge in [0.15, 0.2) is 11.6 Å². The summed E-state index contributed by atoms with van der Waals surface area (Å²) in [5.74, 6) is -0.491. The summed E-state index contributed by atoms with van der Waals surface area (Å²) in [4.78, 5) is 21.5. The van der Waals surface area contributed by atoms with Crippen LogP contribution in [0.2, 0.25) is 0 Å². The van der Waals surface area contributed by atoms with Crippen LogP contribution in [0.1, 0.15) is 55.0 Å². The van der Waals surface area contributed by atoms with Gasteiger partial charge in [0.1, 0.15) is 17.6 Å². The number of rotatable bonds is 5. The normalized spacial score (nSPS) is 21.9. The van der Waals surface area contributed by atoms with Crippen LogP contribution >= 0.6 is 0 Å². The number of nitrogens with zero attached hydrogens (tertiary/aromatic N) is 5. The van der Waals surface area contributed by atoms with Gasteiger partial charge < -0.3 is 18.7 Å². The molecule has 0 N–H and O–H groups in total. The maximum absolute atomic E-state index is 14.3. The van der Waals surface area contributed by atoms with E-state index in [1.807, 2.05) is 19.9 Å². The van der Waals surface area contributed by atoms with Crippen LogP contribution in [0.5, 0.6) is 0 Å². The topological polar surface area (TPSA) is 76.6 Å². The largest absolute Gasteiger partial charge is 0.381 e. The zero-order chi connectivity index (χ0) is 27.4. The monoisotopic (exact) mass is 535 g/mol. The highest BCUT2D eigenvalue weighted by Gasteiger charge is 2.41. The Morgan fingerprint density at radius 2 is 1.79 bits per heavy atom. The maximum atomic E-state index is 14.3. The Balaban J connectivity index is 1.50. The van der Waals surface area contributed by atoms with E-state index >= 15 is 0 Å². The van der Waals surface area contributed by atoms with Crippen molar-refractivity contribution in [2.75, 3.05) is 25.6 Å². The van der Waals surface area contributed by atoms with E-state index < -0.39 is 17.7 Å². The van der Waals surface area contributed by atoms with Gasteiger partial charge in [-0.15, -0.1) is 0 Å². The van der Waals surface area contributed by atoms with Crippen LogP contribution in [0.3, 0.4) is 0 Å². The fraction of sp³-hybridized carbons (Fsp3) is 0.414. The Bertz CT molecular complexity index is 1540. The van der Waals surface area contributed by atoms with Gasteiger partial charge in [-0.2, -0.15) is 0 Å². The predicted molar refractivity (Wildman–Crippen MR) is 143 cm³/mol. The molecule has 0 spiro atoms. The number of carbonyl (C=O) groups is 1. The number of hydrogen-bond donors (Lipinski definition) is 0. The molecule has 2 aliphatic rings. The lowest BCUT2D eigenvalue weighted by atomic mass is 9.92. The number of ether oxygens (including phenoxy) is 1. The Morgan fingerprint density at radius 1 is 1.03 bits per heavy atom. The van der Waals surface area contributed by atoms with Crippen LogP contribution in [0.4, 0.5) is 19.3 Å². The third-order valence-electron chi connectivity index (χ3n) is 8.15. The number of aryl methyl sites for hydroxylation is 2. The van der Waals surface area contributed by atoms with Gasteiger partial charge in [-0.05, 0) is 69.4 Å². The molecule has 204 valence electrons. The van der Waals surface area contributed by atoms with Crippen LogP contribution in [-0.4, -0.2) is 52.4 Å². The minimum absolute atomic E-state index is 0.161. The second-order valence-corrected chi connectivity index (χ2v) is 10.6.